The average Bonchev–Trinajstić information content (AvgIpc) is 2.21. The third kappa shape index (κ3) is 5.31. The fourth-order valence-electron chi connectivity index (χ4n) is 1.51. The maximum atomic E-state index is 5.71. The van der Waals surface area contributed by atoms with Gasteiger partial charge in [-0.2, -0.15) is 0 Å². The first-order valence-electron chi connectivity index (χ1n) is 5.82. The van der Waals surface area contributed by atoms with E-state index < -0.39 is 0 Å². The topological polar surface area (TPSA) is 37.8 Å². The molecule has 0 fully saturated rings. The van der Waals surface area contributed by atoms with Crippen LogP contribution in [0.25, 0.3) is 0 Å². The van der Waals surface area contributed by atoms with Gasteiger partial charge in [-0.1, -0.05) is 38.3 Å². The summed E-state index contributed by atoms with van der Waals surface area (Å²) in [5.41, 5.74) is 0. The number of nitrogens with one attached hydrogen (secondary N) is 1. The zero-order chi connectivity index (χ0) is 12.0. The zero-order valence-electron chi connectivity index (χ0n) is 10.2. The standard InChI is InChI=1S/C12H20ClN3/c1-9(2)5-4-6-10(3)16-12-14-7-11(13)8-15-12/h7-10H,4-6H2,1-3H3,(H,14,15,16). The quantitative estimate of drug-likeness (QED) is 0.824. The molecule has 0 spiro atoms. The van der Waals surface area contributed by atoms with Gasteiger partial charge in [0.2, 0.25) is 5.95 Å². The van der Waals surface area contributed by atoms with Gasteiger partial charge in [-0.25, -0.2) is 9.97 Å². The minimum Gasteiger partial charge on any atom is -0.352 e. The van der Waals surface area contributed by atoms with Gasteiger partial charge in [-0.15, -0.1) is 0 Å². The van der Waals surface area contributed by atoms with Crippen LogP contribution in [0.15, 0.2) is 12.4 Å². The number of nitrogens with zero attached hydrogens (tertiary/aromatic N) is 2. The predicted octanol–water partition coefficient (Wildman–Crippen LogP) is 3.76. The molecule has 0 amide bonds. The minimum atomic E-state index is 0.403. The molecule has 4 heteroatoms. The van der Waals surface area contributed by atoms with Crippen LogP contribution in [0.4, 0.5) is 5.95 Å². The predicted molar refractivity (Wildman–Crippen MR) is 68.8 cm³/mol. The van der Waals surface area contributed by atoms with Crippen LogP contribution >= 0.6 is 11.6 Å². The summed E-state index contributed by atoms with van der Waals surface area (Å²) < 4.78 is 0. The van der Waals surface area contributed by atoms with E-state index in [4.69, 9.17) is 11.6 Å². The molecule has 1 N–H and O–H groups in total. The number of hydrogen-bond acceptors (Lipinski definition) is 3. The minimum absolute atomic E-state index is 0.403. The molecule has 1 atom stereocenters. The molecule has 1 heterocycles. The molecule has 1 aromatic heterocycles. The van der Waals surface area contributed by atoms with E-state index in [1.807, 2.05) is 0 Å². The number of anilines is 1. The fourth-order valence-corrected chi connectivity index (χ4v) is 1.61. The molecule has 0 saturated heterocycles. The van der Waals surface area contributed by atoms with Crippen LogP contribution in [0.5, 0.6) is 0 Å². The van der Waals surface area contributed by atoms with Gasteiger partial charge in [0, 0.05) is 6.04 Å². The highest BCUT2D eigenvalue weighted by molar-refractivity contribution is 6.30. The Kier molecular flexibility index (Phi) is 5.53. The molecular formula is C12H20ClN3. The molecule has 90 valence electrons. The lowest BCUT2D eigenvalue weighted by Gasteiger charge is -2.14. The van der Waals surface area contributed by atoms with E-state index >= 15 is 0 Å². The second kappa shape index (κ2) is 6.69. The number of halogens is 1. The molecule has 1 rings (SSSR count). The molecule has 1 unspecified atom stereocenters. The second-order valence-electron chi connectivity index (χ2n) is 4.60. The van der Waals surface area contributed by atoms with E-state index in [1.54, 1.807) is 12.4 Å². The third-order valence-electron chi connectivity index (χ3n) is 2.41. The molecular weight excluding hydrogens is 222 g/mol. The van der Waals surface area contributed by atoms with Gasteiger partial charge in [0.05, 0.1) is 17.4 Å². The van der Waals surface area contributed by atoms with Gasteiger partial charge < -0.3 is 5.32 Å². The van der Waals surface area contributed by atoms with Crippen molar-refractivity contribution in [2.75, 3.05) is 5.32 Å². The van der Waals surface area contributed by atoms with Crippen molar-refractivity contribution in [3.05, 3.63) is 17.4 Å². The summed E-state index contributed by atoms with van der Waals surface area (Å²) in [6, 6.07) is 0.403. The van der Waals surface area contributed by atoms with Crippen molar-refractivity contribution in [2.45, 2.75) is 46.1 Å². The molecule has 0 saturated carbocycles. The van der Waals surface area contributed by atoms with E-state index in [0.29, 0.717) is 17.0 Å². The normalized spacial score (nSPS) is 12.8. The molecule has 0 bridgehead atoms. The Hall–Kier alpha value is -0.830. The molecule has 0 aliphatic heterocycles. The average molecular weight is 242 g/mol. The molecule has 0 radical (unpaired) electrons. The molecule has 0 aromatic carbocycles. The maximum absolute atomic E-state index is 5.71. The summed E-state index contributed by atoms with van der Waals surface area (Å²) in [6.07, 6.45) is 6.87. The lowest BCUT2D eigenvalue weighted by atomic mass is 10.0. The first kappa shape index (κ1) is 13.2. The highest BCUT2D eigenvalue weighted by Crippen LogP contribution is 2.11. The van der Waals surface area contributed by atoms with E-state index in [9.17, 15) is 0 Å². The van der Waals surface area contributed by atoms with Crippen molar-refractivity contribution in [1.82, 2.24) is 9.97 Å². The van der Waals surface area contributed by atoms with Crippen LogP contribution in [0.2, 0.25) is 5.02 Å². The Bertz CT molecular complexity index is 298. The summed E-state index contributed by atoms with van der Waals surface area (Å²) in [4.78, 5) is 8.21. The van der Waals surface area contributed by atoms with E-state index in [-0.39, 0.29) is 0 Å². The lowest BCUT2D eigenvalue weighted by molar-refractivity contribution is 0.519. The Morgan fingerprint density at radius 1 is 1.19 bits per heavy atom. The van der Waals surface area contributed by atoms with Crippen molar-refractivity contribution in [2.24, 2.45) is 5.92 Å². The number of rotatable bonds is 6. The Labute approximate surface area is 103 Å². The summed E-state index contributed by atoms with van der Waals surface area (Å²) in [5, 5.41) is 3.83. The van der Waals surface area contributed by atoms with Crippen molar-refractivity contribution < 1.29 is 0 Å². The third-order valence-corrected chi connectivity index (χ3v) is 2.61. The first-order chi connectivity index (χ1) is 7.58. The summed E-state index contributed by atoms with van der Waals surface area (Å²) in [6.45, 7) is 6.65. The van der Waals surface area contributed by atoms with Gasteiger partial charge in [0.1, 0.15) is 0 Å². The first-order valence-corrected chi connectivity index (χ1v) is 6.20. The number of aromatic nitrogens is 2. The summed E-state index contributed by atoms with van der Waals surface area (Å²) in [5.74, 6) is 1.43. The zero-order valence-corrected chi connectivity index (χ0v) is 11.0. The van der Waals surface area contributed by atoms with Gasteiger partial charge in [-0.05, 0) is 19.3 Å². The number of hydrogen-bond donors (Lipinski definition) is 1. The van der Waals surface area contributed by atoms with Crippen LogP contribution in [0.1, 0.15) is 40.0 Å². The lowest BCUT2D eigenvalue weighted by Crippen LogP contribution is -2.16. The van der Waals surface area contributed by atoms with Crippen molar-refractivity contribution >= 4 is 17.5 Å². The molecule has 0 aliphatic carbocycles. The smallest absolute Gasteiger partial charge is 0.222 e. The fraction of sp³-hybridized carbons (Fsp3) is 0.667. The highest BCUT2D eigenvalue weighted by atomic mass is 35.5. The maximum Gasteiger partial charge on any atom is 0.222 e. The van der Waals surface area contributed by atoms with E-state index in [2.05, 4.69) is 36.1 Å². The Morgan fingerprint density at radius 2 is 1.81 bits per heavy atom. The van der Waals surface area contributed by atoms with E-state index in [1.165, 1.54) is 12.8 Å². The van der Waals surface area contributed by atoms with Crippen LogP contribution in [-0.2, 0) is 0 Å². The molecule has 3 nitrogen and oxygen atoms in total. The second-order valence-corrected chi connectivity index (χ2v) is 5.03. The molecule has 1 aromatic rings. The van der Waals surface area contributed by atoms with Crippen LogP contribution in [0, 0.1) is 5.92 Å². The van der Waals surface area contributed by atoms with Crippen molar-refractivity contribution in [3.8, 4) is 0 Å². The van der Waals surface area contributed by atoms with Crippen LogP contribution < -0.4 is 5.32 Å². The summed E-state index contributed by atoms with van der Waals surface area (Å²) in [7, 11) is 0. The van der Waals surface area contributed by atoms with Gasteiger partial charge in [0.15, 0.2) is 0 Å². The van der Waals surface area contributed by atoms with E-state index in [0.717, 1.165) is 12.3 Å². The Morgan fingerprint density at radius 3 is 2.38 bits per heavy atom. The van der Waals surface area contributed by atoms with Gasteiger partial charge in [-0.3, -0.25) is 0 Å². The largest absolute Gasteiger partial charge is 0.352 e. The van der Waals surface area contributed by atoms with Crippen molar-refractivity contribution in [3.63, 3.8) is 0 Å². The molecule has 16 heavy (non-hydrogen) atoms. The van der Waals surface area contributed by atoms with Crippen LogP contribution in [0.3, 0.4) is 0 Å². The highest BCUT2D eigenvalue weighted by Gasteiger charge is 2.04. The van der Waals surface area contributed by atoms with Gasteiger partial charge >= 0.3 is 0 Å². The SMILES string of the molecule is CC(C)CCCC(C)Nc1ncc(Cl)cn1. The molecule has 0 aliphatic rings. The monoisotopic (exact) mass is 241 g/mol. The van der Waals surface area contributed by atoms with Crippen LogP contribution in [-0.4, -0.2) is 16.0 Å². The summed E-state index contributed by atoms with van der Waals surface area (Å²) >= 11 is 5.71. The van der Waals surface area contributed by atoms with Gasteiger partial charge in [0.25, 0.3) is 0 Å². The Balaban J connectivity index is 2.28. The van der Waals surface area contributed by atoms with Crippen molar-refractivity contribution in [1.29, 1.82) is 0 Å².